The standard InChI is InChI=1S/C16H25N3O2/c1-12(9-10-17)3-8-16(21)18-11-14-4-6-15(7-5-14)19-13(2)20/h4-7,12H,3,8-11,17H2,1-2H3,(H,18,21)(H,19,20). The van der Waals surface area contributed by atoms with Gasteiger partial charge in [0.25, 0.3) is 0 Å². The molecule has 1 aromatic rings. The highest BCUT2D eigenvalue weighted by Gasteiger charge is 2.06. The van der Waals surface area contributed by atoms with Crippen LogP contribution in [0.1, 0.15) is 38.7 Å². The first-order valence-corrected chi connectivity index (χ1v) is 7.34. The number of carbonyl (C=O) groups is 2. The first kappa shape index (κ1) is 17.2. The average molecular weight is 291 g/mol. The Balaban J connectivity index is 2.31. The van der Waals surface area contributed by atoms with Crippen LogP contribution in [0.2, 0.25) is 0 Å². The third-order valence-electron chi connectivity index (χ3n) is 3.29. The van der Waals surface area contributed by atoms with Gasteiger partial charge in [-0.05, 0) is 43.0 Å². The highest BCUT2D eigenvalue weighted by atomic mass is 16.2. The van der Waals surface area contributed by atoms with Crippen LogP contribution in [-0.4, -0.2) is 18.4 Å². The Hall–Kier alpha value is -1.88. The van der Waals surface area contributed by atoms with Crippen molar-refractivity contribution in [1.29, 1.82) is 0 Å². The largest absolute Gasteiger partial charge is 0.352 e. The molecular weight excluding hydrogens is 266 g/mol. The molecule has 1 atom stereocenters. The second-order valence-electron chi connectivity index (χ2n) is 5.38. The maximum Gasteiger partial charge on any atom is 0.221 e. The highest BCUT2D eigenvalue weighted by Crippen LogP contribution is 2.10. The van der Waals surface area contributed by atoms with E-state index in [0.29, 0.717) is 25.4 Å². The molecule has 1 aromatic carbocycles. The maximum atomic E-state index is 11.7. The molecule has 5 heteroatoms. The number of nitrogens with two attached hydrogens (primary N) is 1. The summed E-state index contributed by atoms with van der Waals surface area (Å²) in [7, 11) is 0. The zero-order chi connectivity index (χ0) is 15.7. The monoisotopic (exact) mass is 291 g/mol. The van der Waals surface area contributed by atoms with Gasteiger partial charge in [-0.3, -0.25) is 9.59 Å². The van der Waals surface area contributed by atoms with Crippen LogP contribution in [0.25, 0.3) is 0 Å². The van der Waals surface area contributed by atoms with Crippen molar-refractivity contribution < 1.29 is 9.59 Å². The van der Waals surface area contributed by atoms with Crippen LogP contribution in [-0.2, 0) is 16.1 Å². The van der Waals surface area contributed by atoms with E-state index in [0.717, 1.165) is 24.1 Å². The van der Waals surface area contributed by atoms with Crippen LogP contribution < -0.4 is 16.4 Å². The molecule has 0 aliphatic carbocycles. The van der Waals surface area contributed by atoms with Crippen molar-refractivity contribution in [3.8, 4) is 0 Å². The second kappa shape index (κ2) is 9.13. The summed E-state index contributed by atoms with van der Waals surface area (Å²) in [5.74, 6) is 0.449. The minimum absolute atomic E-state index is 0.0600. The Labute approximate surface area is 126 Å². The molecule has 21 heavy (non-hydrogen) atoms. The van der Waals surface area contributed by atoms with Crippen LogP contribution in [0.15, 0.2) is 24.3 Å². The summed E-state index contributed by atoms with van der Waals surface area (Å²) in [6.45, 7) is 4.76. The zero-order valence-corrected chi connectivity index (χ0v) is 12.8. The molecule has 5 nitrogen and oxygen atoms in total. The number of anilines is 1. The number of carbonyl (C=O) groups excluding carboxylic acids is 2. The third-order valence-corrected chi connectivity index (χ3v) is 3.29. The summed E-state index contributed by atoms with van der Waals surface area (Å²) in [5.41, 5.74) is 7.25. The molecule has 0 aliphatic heterocycles. The SMILES string of the molecule is CC(=O)Nc1ccc(CNC(=O)CCC(C)CCN)cc1. The Morgan fingerprint density at radius 2 is 1.86 bits per heavy atom. The normalized spacial score (nSPS) is 11.8. The zero-order valence-electron chi connectivity index (χ0n) is 12.8. The van der Waals surface area contributed by atoms with Gasteiger partial charge in [-0.15, -0.1) is 0 Å². The molecular formula is C16H25N3O2. The van der Waals surface area contributed by atoms with Gasteiger partial charge in [-0.25, -0.2) is 0 Å². The topological polar surface area (TPSA) is 84.2 Å². The number of nitrogens with one attached hydrogen (secondary N) is 2. The summed E-state index contributed by atoms with van der Waals surface area (Å²) in [5, 5.41) is 5.60. The van der Waals surface area contributed by atoms with Crippen molar-refractivity contribution in [2.24, 2.45) is 11.7 Å². The van der Waals surface area contributed by atoms with Gasteiger partial charge in [0, 0.05) is 25.6 Å². The summed E-state index contributed by atoms with van der Waals surface area (Å²) in [6, 6.07) is 7.43. The van der Waals surface area contributed by atoms with Crippen molar-refractivity contribution >= 4 is 17.5 Å². The Bertz CT molecular complexity index is 457. The van der Waals surface area contributed by atoms with Crippen LogP contribution >= 0.6 is 0 Å². The molecule has 0 aliphatic rings. The van der Waals surface area contributed by atoms with Gasteiger partial charge in [-0.2, -0.15) is 0 Å². The van der Waals surface area contributed by atoms with Gasteiger partial charge in [0.15, 0.2) is 0 Å². The van der Waals surface area contributed by atoms with Gasteiger partial charge < -0.3 is 16.4 Å². The van der Waals surface area contributed by atoms with Crippen LogP contribution in [0.5, 0.6) is 0 Å². The van der Waals surface area contributed by atoms with E-state index in [2.05, 4.69) is 17.6 Å². The van der Waals surface area contributed by atoms with Crippen molar-refractivity contribution in [2.75, 3.05) is 11.9 Å². The summed E-state index contributed by atoms with van der Waals surface area (Å²) >= 11 is 0. The van der Waals surface area contributed by atoms with Gasteiger partial charge in [-0.1, -0.05) is 19.1 Å². The Kier molecular flexibility index (Phi) is 7.46. The lowest BCUT2D eigenvalue weighted by atomic mass is 10.0. The molecule has 116 valence electrons. The van der Waals surface area contributed by atoms with Crippen molar-refractivity contribution in [2.45, 2.75) is 39.7 Å². The third kappa shape index (κ3) is 7.46. The molecule has 0 bridgehead atoms. The smallest absolute Gasteiger partial charge is 0.221 e. The molecule has 0 saturated heterocycles. The van der Waals surface area contributed by atoms with Crippen molar-refractivity contribution in [1.82, 2.24) is 5.32 Å². The lowest BCUT2D eigenvalue weighted by molar-refractivity contribution is -0.121. The molecule has 1 rings (SSSR count). The van der Waals surface area contributed by atoms with Crippen LogP contribution in [0.3, 0.4) is 0 Å². The minimum Gasteiger partial charge on any atom is -0.352 e. The van der Waals surface area contributed by atoms with E-state index in [4.69, 9.17) is 5.73 Å². The first-order chi connectivity index (χ1) is 10.0. The fourth-order valence-corrected chi connectivity index (χ4v) is 2.00. The molecule has 2 amide bonds. The van der Waals surface area contributed by atoms with E-state index in [-0.39, 0.29) is 11.8 Å². The molecule has 0 aromatic heterocycles. The molecule has 0 radical (unpaired) electrons. The van der Waals surface area contributed by atoms with Gasteiger partial charge in [0.1, 0.15) is 0 Å². The quantitative estimate of drug-likeness (QED) is 0.685. The average Bonchev–Trinajstić information content (AvgIpc) is 2.44. The molecule has 4 N–H and O–H groups in total. The number of rotatable bonds is 8. The minimum atomic E-state index is -0.0948. The predicted octanol–water partition coefficient (Wildman–Crippen LogP) is 2.03. The van der Waals surface area contributed by atoms with Gasteiger partial charge in [0.05, 0.1) is 0 Å². The molecule has 0 saturated carbocycles. The Morgan fingerprint density at radius 3 is 2.43 bits per heavy atom. The highest BCUT2D eigenvalue weighted by molar-refractivity contribution is 5.88. The number of hydrogen-bond donors (Lipinski definition) is 3. The van der Waals surface area contributed by atoms with Crippen molar-refractivity contribution in [3.63, 3.8) is 0 Å². The van der Waals surface area contributed by atoms with Crippen LogP contribution in [0, 0.1) is 5.92 Å². The lowest BCUT2D eigenvalue weighted by Gasteiger charge is -2.10. The summed E-state index contributed by atoms with van der Waals surface area (Å²) < 4.78 is 0. The molecule has 0 fully saturated rings. The fourth-order valence-electron chi connectivity index (χ4n) is 2.00. The Morgan fingerprint density at radius 1 is 1.19 bits per heavy atom. The van der Waals surface area contributed by atoms with E-state index in [9.17, 15) is 9.59 Å². The number of amides is 2. The number of hydrogen-bond acceptors (Lipinski definition) is 3. The first-order valence-electron chi connectivity index (χ1n) is 7.34. The van der Waals surface area contributed by atoms with E-state index < -0.39 is 0 Å². The fraction of sp³-hybridized carbons (Fsp3) is 0.500. The summed E-state index contributed by atoms with van der Waals surface area (Å²) in [4.78, 5) is 22.6. The lowest BCUT2D eigenvalue weighted by Crippen LogP contribution is -2.23. The number of benzene rings is 1. The van der Waals surface area contributed by atoms with E-state index in [1.807, 2.05) is 24.3 Å². The van der Waals surface area contributed by atoms with E-state index >= 15 is 0 Å². The molecule has 1 unspecified atom stereocenters. The van der Waals surface area contributed by atoms with Crippen molar-refractivity contribution in [3.05, 3.63) is 29.8 Å². The molecule has 0 heterocycles. The second-order valence-corrected chi connectivity index (χ2v) is 5.38. The van der Waals surface area contributed by atoms with Gasteiger partial charge >= 0.3 is 0 Å². The molecule has 0 spiro atoms. The van der Waals surface area contributed by atoms with E-state index in [1.54, 1.807) is 0 Å². The predicted molar refractivity (Wildman–Crippen MR) is 84.7 cm³/mol. The van der Waals surface area contributed by atoms with E-state index in [1.165, 1.54) is 6.92 Å². The van der Waals surface area contributed by atoms with Gasteiger partial charge in [0.2, 0.25) is 11.8 Å². The van der Waals surface area contributed by atoms with Crippen LogP contribution in [0.4, 0.5) is 5.69 Å². The summed E-state index contributed by atoms with van der Waals surface area (Å²) in [6.07, 6.45) is 2.35. The maximum absolute atomic E-state index is 11.7.